The van der Waals surface area contributed by atoms with Crippen molar-refractivity contribution in [2.75, 3.05) is 13.4 Å². The van der Waals surface area contributed by atoms with E-state index >= 15 is 0 Å². The molecule has 2 nitrogen and oxygen atoms in total. The van der Waals surface area contributed by atoms with Gasteiger partial charge in [0.2, 0.25) is 0 Å². The molecule has 2 aliphatic rings. The van der Waals surface area contributed by atoms with Gasteiger partial charge in [-0.05, 0) is 12.8 Å². The minimum atomic E-state index is 0.418. The average Bonchev–Trinajstić information content (AvgIpc) is 2.34. The lowest BCUT2D eigenvalue weighted by Crippen LogP contribution is -2.30. The van der Waals surface area contributed by atoms with Gasteiger partial charge in [-0.15, -0.1) is 0 Å². The lowest BCUT2D eigenvalue weighted by molar-refractivity contribution is -0.154. The van der Waals surface area contributed by atoms with Crippen molar-refractivity contribution in [1.82, 2.24) is 0 Å². The van der Waals surface area contributed by atoms with Crippen LogP contribution in [0.25, 0.3) is 0 Å². The fourth-order valence-corrected chi connectivity index (χ4v) is 1.71. The van der Waals surface area contributed by atoms with Gasteiger partial charge in [0.1, 0.15) is 6.79 Å². The van der Waals surface area contributed by atoms with Crippen LogP contribution < -0.4 is 0 Å². The Labute approximate surface area is 60.8 Å². The van der Waals surface area contributed by atoms with Crippen LogP contribution in [-0.2, 0) is 9.47 Å². The van der Waals surface area contributed by atoms with Gasteiger partial charge in [-0.25, -0.2) is 0 Å². The maximum atomic E-state index is 5.39. The minimum Gasteiger partial charge on any atom is -0.355 e. The number of hydrogen-bond donors (Lipinski definition) is 0. The smallest absolute Gasteiger partial charge is 0.147 e. The predicted octanol–water partition coefficient (Wildman–Crippen LogP) is 1.33. The van der Waals surface area contributed by atoms with Crippen molar-refractivity contribution < 1.29 is 9.47 Å². The van der Waals surface area contributed by atoms with Crippen LogP contribution >= 0.6 is 0 Å². The first kappa shape index (κ1) is 6.38. The Bertz CT molecular complexity index is 153. The molecule has 1 heterocycles. The largest absolute Gasteiger partial charge is 0.355 e. The van der Waals surface area contributed by atoms with Crippen LogP contribution in [0.3, 0.4) is 0 Å². The van der Waals surface area contributed by atoms with Gasteiger partial charge in [-0.3, -0.25) is 0 Å². The monoisotopic (exact) mass is 140 g/mol. The van der Waals surface area contributed by atoms with Crippen LogP contribution in [0.2, 0.25) is 0 Å². The highest BCUT2D eigenvalue weighted by molar-refractivity contribution is 5.10. The van der Waals surface area contributed by atoms with Crippen LogP contribution in [0.4, 0.5) is 0 Å². The molecule has 1 saturated carbocycles. The second kappa shape index (κ2) is 2.36. The molecule has 0 bridgehead atoms. The second-order valence-electron chi connectivity index (χ2n) is 3.00. The van der Waals surface area contributed by atoms with Gasteiger partial charge in [0.05, 0.1) is 12.7 Å². The Morgan fingerprint density at radius 2 is 2.40 bits per heavy atom. The van der Waals surface area contributed by atoms with Crippen molar-refractivity contribution in [3.63, 3.8) is 0 Å². The van der Waals surface area contributed by atoms with Crippen molar-refractivity contribution in [3.8, 4) is 0 Å². The van der Waals surface area contributed by atoms with Crippen LogP contribution in [-0.4, -0.2) is 19.5 Å². The van der Waals surface area contributed by atoms with Crippen molar-refractivity contribution in [1.29, 1.82) is 0 Å². The molecule has 56 valence electrons. The quantitative estimate of drug-likeness (QED) is 0.472. The standard InChI is InChI=1S/C8H12O2/c1-6-2-3-8-7(6)4-9-5-10-8/h7-8H,1-5H2. The summed E-state index contributed by atoms with van der Waals surface area (Å²) >= 11 is 0. The topological polar surface area (TPSA) is 18.5 Å². The molecule has 2 rings (SSSR count). The molecule has 2 unspecified atom stereocenters. The van der Waals surface area contributed by atoms with Crippen LogP contribution in [0.15, 0.2) is 12.2 Å². The molecule has 0 amide bonds. The van der Waals surface area contributed by atoms with Crippen LogP contribution in [0.5, 0.6) is 0 Å². The van der Waals surface area contributed by atoms with Crippen molar-refractivity contribution in [3.05, 3.63) is 12.2 Å². The summed E-state index contributed by atoms with van der Waals surface area (Å²) in [5.74, 6) is 0.494. The van der Waals surface area contributed by atoms with E-state index < -0.39 is 0 Å². The molecule has 0 N–H and O–H groups in total. The molecule has 0 radical (unpaired) electrons. The summed E-state index contributed by atoms with van der Waals surface area (Å²) in [7, 11) is 0. The van der Waals surface area contributed by atoms with E-state index in [0.717, 1.165) is 19.4 Å². The van der Waals surface area contributed by atoms with E-state index in [-0.39, 0.29) is 0 Å². The molecule has 2 fully saturated rings. The highest BCUT2D eigenvalue weighted by Gasteiger charge is 2.33. The Morgan fingerprint density at radius 1 is 1.50 bits per heavy atom. The van der Waals surface area contributed by atoms with Gasteiger partial charge < -0.3 is 9.47 Å². The molecule has 0 spiro atoms. The lowest BCUT2D eigenvalue weighted by Gasteiger charge is -2.25. The molecular formula is C8H12O2. The van der Waals surface area contributed by atoms with Gasteiger partial charge in [0, 0.05) is 5.92 Å². The first-order valence-corrected chi connectivity index (χ1v) is 3.75. The predicted molar refractivity (Wildman–Crippen MR) is 37.6 cm³/mol. The van der Waals surface area contributed by atoms with Gasteiger partial charge in [0.25, 0.3) is 0 Å². The molecule has 10 heavy (non-hydrogen) atoms. The van der Waals surface area contributed by atoms with Crippen LogP contribution in [0.1, 0.15) is 12.8 Å². The first-order chi connectivity index (χ1) is 4.88. The third-order valence-electron chi connectivity index (χ3n) is 2.39. The Morgan fingerprint density at radius 3 is 3.20 bits per heavy atom. The molecule has 0 aromatic rings. The van der Waals surface area contributed by atoms with Gasteiger partial charge in [-0.2, -0.15) is 0 Å². The molecule has 0 aromatic carbocycles. The zero-order chi connectivity index (χ0) is 6.97. The third-order valence-corrected chi connectivity index (χ3v) is 2.39. The van der Waals surface area contributed by atoms with E-state index in [1.54, 1.807) is 0 Å². The fourth-order valence-electron chi connectivity index (χ4n) is 1.71. The van der Waals surface area contributed by atoms with E-state index in [1.807, 2.05) is 0 Å². The van der Waals surface area contributed by atoms with E-state index in [9.17, 15) is 0 Å². The molecule has 1 saturated heterocycles. The highest BCUT2D eigenvalue weighted by atomic mass is 16.7. The number of fused-ring (bicyclic) bond motifs is 1. The Balaban J connectivity index is 2.08. The molecule has 1 aliphatic heterocycles. The molecular weight excluding hydrogens is 128 g/mol. The molecule has 2 atom stereocenters. The summed E-state index contributed by atoms with van der Waals surface area (Å²) in [6.45, 7) is 5.28. The number of hydrogen-bond acceptors (Lipinski definition) is 2. The van der Waals surface area contributed by atoms with Crippen molar-refractivity contribution >= 4 is 0 Å². The summed E-state index contributed by atoms with van der Waals surface area (Å²) in [6, 6.07) is 0. The SMILES string of the molecule is C=C1CCC2OCOCC12. The maximum absolute atomic E-state index is 5.39. The van der Waals surface area contributed by atoms with Crippen molar-refractivity contribution in [2.45, 2.75) is 18.9 Å². The average molecular weight is 140 g/mol. The summed E-state index contributed by atoms with van der Waals surface area (Å²) in [6.07, 6.45) is 2.69. The Kier molecular flexibility index (Phi) is 1.51. The molecule has 1 aliphatic carbocycles. The van der Waals surface area contributed by atoms with Crippen molar-refractivity contribution in [2.24, 2.45) is 5.92 Å². The highest BCUT2D eigenvalue weighted by Crippen LogP contribution is 2.34. The van der Waals surface area contributed by atoms with Crippen LogP contribution in [0, 0.1) is 5.92 Å². The Hall–Kier alpha value is -0.340. The van der Waals surface area contributed by atoms with E-state index in [1.165, 1.54) is 5.57 Å². The third kappa shape index (κ3) is 0.879. The second-order valence-corrected chi connectivity index (χ2v) is 3.00. The normalized spacial score (nSPS) is 39.8. The number of ether oxygens (including phenoxy) is 2. The maximum Gasteiger partial charge on any atom is 0.147 e. The summed E-state index contributed by atoms with van der Waals surface area (Å²) < 4.78 is 10.6. The van der Waals surface area contributed by atoms with E-state index in [2.05, 4.69) is 6.58 Å². The molecule has 0 aromatic heterocycles. The zero-order valence-corrected chi connectivity index (χ0v) is 6.01. The van der Waals surface area contributed by atoms with Gasteiger partial charge >= 0.3 is 0 Å². The number of rotatable bonds is 0. The molecule has 2 heteroatoms. The van der Waals surface area contributed by atoms with Gasteiger partial charge in [-0.1, -0.05) is 12.2 Å². The van der Waals surface area contributed by atoms with E-state index in [4.69, 9.17) is 9.47 Å². The fraction of sp³-hybridized carbons (Fsp3) is 0.750. The summed E-state index contributed by atoms with van der Waals surface area (Å²) in [5.41, 5.74) is 1.31. The summed E-state index contributed by atoms with van der Waals surface area (Å²) in [5, 5.41) is 0. The van der Waals surface area contributed by atoms with Gasteiger partial charge in [0.15, 0.2) is 0 Å². The minimum absolute atomic E-state index is 0.418. The zero-order valence-electron chi connectivity index (χ0n) is 6.01. The lowest BCUT2D eigenvalue weighted by atomic mass is 10.0. The van der Waals surface area contributed by atoms with E-state index in [0.29, 0.717) is 18.8 Å². The summed E-state index contributed by atoms with van der Waals surface area (Å²) in [4.78, 5) is 0. The first-order valence-electron chi connectivity index (χ1n) is 3.75.